The van der Waals surface area contributed by atoms with Gasteiger partial charge in [-0.2, -0.15) is 0 Å². The standard InChI is InChI=1S/C69H111N19O14/c1-7-42(4)60(61(72)95)88-68(102)53(35-41(2)3)85-59(94)40-81-62(96)43(5)82-63(97)44(6)83-66(100)52(22-18-34-78-69(73)74)84-58(93)39-80-57(92)25-12-16-32-76-55(90)23-11-15-31-75-56(91)24-13-17-33-77-65(99)51(21-10-14-30-70)86-67(101)54(36-45-26-28-47(89)29-27-45)87-64(98)49(71)37-46-38-79-50-20-9-8-19-48(46)50/h8-9,19-20,26-29,38,41-44,49,51-54,60,79,89H,7,10-18,21-25,30-37,39-40,70-71H2,1-6H3,(H2,72,95)(H,75,91)(H,76,90)(H,77,99)(H,80,92)(H,81,96)(H,82,97)(H,83,100)(H,84,93)(H,85,94)(H,86,101)(H,87,98)(H,88,102)(H4,73,74,78)/t42-,43-,44-,49-,51-,52-,53-,54-,60-/m0/s1. The number of nitrogens with one attached hydrogen (secondary N) is 13. The van der Waals surface area contributed by atoms with Gasteiger partial charge < -0.3 is 103 Å². The molecule has 0 fully saturated rings. The Morgan fingerprint density at radius 3 is 1.61 bits per heavy atom. The molecular formula is C69H111N19O14. The largest absolute Gasteiger partial charge is 0.508 e. The summed E-state index contributed by atoms with van der Waals surface area (Å²) in [6, 6.07) is 5.11. The molecule has 33 nitrogen and oxygen atoms in total. The molecule has 102 heavy (non-hydrogen) atoms. The van der Waals surface area contributed by atoms with Crippen LogP contribution in [0.2, 0.25) is 0 Å². The zero-order chi connectivity index (χ0) is 75.7. The molecule has 566 valence electrons. The Bertz CT molecular complexity index is 3250. The average molecular weight is 1430 g/mol. The van der Waals surface area contributed by atoms with Gasteiger partial charge in [0, 0.05) is 69.0 Å². The number of hydrogen-bond donors (Lipinski definition) is 19. The van der Waals surface area contributed by atoms with Gasteiger partial charge in [-0.3, -0.25) is 67.3 Å². The molecule has 33 heteroatoms. The van der Waals surface area contributed by atoms with Crippen molar-refractivity contribution in [1.29, 1.82) is 0 Å². The minimum Gasteiger partial charge on any atom is -0.508 e. The number of aromatic nitrogens is 1. The van der Waals surface area contributed by atoms with Gasteiger partial charge in [0.15, 0.2) is 5.96 Å². The summed E-state index contributed by atoms with van der Waals surface area (Å²) in [5.41, 5.74) is 30.9. The summed E-state index contributed by atoms with van der Waals surface area (Å²) in [5, 5.41) is 42.5. The van der Waals surface area contributed by atoms with Crippen LogP contribution in [0.3, 0.4) is 0 Å². The van der Waals surface area contributed by atoms with E-state index in [0.29, 0.717) is 83.0 Å². The minimum absolute atomic E-state index is 0.0205. The van der Waals surface area contributed by atoms with Gasteiger partial charge in [0.1, 0.15) is 48.0 Å². The number of fused-ring (bicyclic) bond motifs is 1. The molecule has 0 spiro atoms. The van der Waals surface area contributed by atoms with Crippen molar-refractivity contribution < 1.29 is 67.4 Å². The minimum atomic E-state index is -1.23. The maximum absolute atomic E-state index is 14.0. The number of phenols is 1. The molecule has 0 aliphatic heterocycles. The number of nitrogens with zero attached hydrogens (tertiary/aromatic N) is 1. The number of amides is 13. The number of H-pyrrole nitrogens is 1. The molecule has 0 aliphatic carbocycles. The number of phenolic OH excluding ortho intramolecular Hbond substituents is 1. The number of benzene rings is 2. The van der Waals surface area contributed by atoms with Gasteiger partial charge in [-0.05, 0) is 145 Å². The zero-order valence-corrected chi connectivity index (χ0v) is 59.7. The van der Waals surface area contributed by atoms with E-state index in [1.807, 2.05) is 45.0 Å². The Hall–Kier alpha value is -9.92. The molecule has 3 aromatic rings. The first-order valence-corrected chi connectivity index (χ1v) is 35.1. The van der Waals surface area contributed by atoms with Gasteiger partial charge >= 0.3 is 0 Å². The van der Waals surface area contributed by atoms with Crippen LogP contribution < -0.4 is 92.5 Å². The fourth-order valence-electron chi connectivity index (χ4n) is 10.5. The molecule has 0 aliphatic rings. The zero-order valence-electron chi connectivity index (χ0n) is 59.7. The number of hydrogen-bond acceptors (Lipinski definition) is 17. The van der Waals surface area contributed by atoms with Gasteiger partial charge in [-0.25, -0.2) is 0 Å². The lowest BCUT2D eigenvalue weighted by Crippen LogP contribution is -2.57. The SMILES string of the molecule is CC[C@H](C)[C@H](NC(=O)[C@H](CC(C)C)NC(=O)CNC(=O)[C@H](C)NC(=O)[C@H](C)NC(=O)[C@H](CCCN=C(N)N)NC(=O)CNC(=O)CCCCNC(=O)CCCCNC(=O)CCCCNC(=O)[C@H](CCCCN)NC(=O)[C@H](Cc1ccc(O)cc1)NC(=O)[C@@H](N)Cc1c[nH]c2ccccc12)C(N)=O. The van der Waals surface area contributed by atoms with Crippen molar-refractivity contribution in [2.24, 2.45) is 45.5 Å². The first kappa shape index (κ1) is 86.3. The number of aromatic amines is 1. The van der Waals surface area contributed by atoms with Crippen molar-refractivity contribution in [2.75, 3.05) is 45.8 Å². The van der Waals surface area contributed by atoms with Gasteiger partial charge in [0.2, 0.25) is 76.8 Å². The molecule has 3 rings (SSSR count). The van der Waals surface area contributed by atoms with Crippen LogP contribution in [0.4, 0.5) is 0 Å². The van der Waals surface area contributed by atoms with Gasteiger partial charge in [0.05, 0.1) is 19.1 Å². The van der Waals surface area contributed by atoms with Gasteiger partial charge in [0.25, 0.3) is 0 Å². The maximum atomic E-state index is 14.0. The Morgan fingerprint density at radius 1 is 0.500 bits per heavy atom. The van der Waals surface area contributed by atoms with E-state index in [1.54, 1.807) is 25.3 Å². The first-order valence-electron chi connectivity index (χ1n) is 35.1. The van der Waals surface area contributed by atoms with Crippen LogP contribution in [0, 0.1) is 11.8 Å². The molecule has 0 bridgehead atoms. The molecule has 0 saturated carbocycles. The molecule has 24 N–H and O–H groups in total. The highest BCUT2D eigenvalue weighted by Crippen LogP contribution is 2.20. The topological polar surface area (TPSA) is 545 Å². The lowest BCUT2D eigenvalue weighted by Gasteiger charge is -2.26. The van der Waals surface area contributed by atoms with E-state index in [2.05, 4.69) is 73.8 Å². The van der Waals surface area contributed by atoms with E-state index in [9.17, 15) is 67.4 Å². The summed E-state index contributed by atoms with van der Waals surface area (Å²) >= 11 is 0. The number of rotatable bonds is 50. The van der Waals surface area contributed by atoms with Crippen molar-refractivity contribution in [3.05, 3.63) is 65.9 Å². The lowest BCUT2D eigenvalue weighted by molar-refractivity contribution is -0.134. The average Bonchev–Trinajstić information content (AvgIpc) is 1.67. The number of guanidine groups is 1. The second kappa shape index (κ2) is 47.2. The number of para-hydroxylation sites is 1. The van der Waals surface area contributed by atoms with Gasteiger partial charge in [-0.15, -0.1) is 0 Å². The van der Waals surface area contributed by atoms with Gasteiger partial charge in [-0.1, -0.05) is 64.4 Å². The quantitative estimate of drug-likeness (QED) is 0.0170. The normalized spacial score (nSPS) is 13.7. The lowest BCUT2D eigenvalue weighted by atomic mass is 9.97. The van der Waals surface area contributed by atoms with E-state index < -0.39 is 126 Å². The molecule has 13 amide bonds. The second-order valence-corrected chi connectivity index (χ2v) is 25.9. The Kier molecular flexibility index (Phi) is 40.0. The van der Waals surface area contributed by atoms with E-state index in [-0.39, 0.29) is 106 Å². The summed E-state index contributed by atoms with van der Waals surface area (Å²) in [6.45, 7) is 10.3. The molecule has 1 heterocycles. The smallest absolute Gasteiger partial charge is 0.243 e. The number of nitrogens with two attached hydrogens (primary N) is 5. The highest BCUT2D eigenvalue weighted by molar-refractivity contribution is 5.97. The van der Waals surface area contributed by atoms with Crippen LogP contribution in [0.1, 0.15) is 155 Å². The predicted molar refractivity (Wildman–Crippen MR) is 384 cm³/mol. The third-order valence-electron chi connectivity index (χ3n) is 16.6. The van der Waals surface area contributed by atoms with Crippen LogP contribution in [0.25, 0.3) is 10.9 Å². The van der Waals surface area contributed by atoms with Crippen LogP contribution in [-0.4, -0.2) is 187 Å². The van der Waals surface area contributed by atoms with Crippen molar-refractivity contribution in [3.8, 4) is 5.75 Å². The van der Waals surface area contributed by atoms with Crippen LogP contribution in [0.5, 0.6) is 5.75 Å². The summed E-state index contributed by atoms with van der Waals surface area (Å²) in [6.07, 6.45) is 7.72. The van der Waals surface area contributed by atoms with Crippen LogP contribution >= 0.6 is 0 Å². The number of aromatic hydroxyl groups is 1. The number of carbonyl (C=O) groups excluding carboxylic acids is 13. The molecular weight excluding hydrogens is 1320 g/mol. The molecule has 0 radical (unpaired) electrons. The first-order chi connectivity index (χ1) is 48.5. The number of primary amides is 1. The maximum Gasteiger partial charge on any atom is 0.243 e. The highest BCUT2D eigenvalue weighted by Gasteiger charge is 2.32. The van der Waals surface area contributed by atoms with Crippen LogP contribution in [-0.2, 0) is 75.2 Å². The summed E-state index contributed by atoms with van der Waals surface area (Å²) in [5.74, 6) is -7.99. The molecule has 0 saturated heterocycles. The Labute approximate surface area is 596 Å². The molecule has 1 aromatic heterocycles. The van der Waals surface area contributed by atoms with E-state index >= 15 is 0 Å². The molecule has 2 aromatic carbocycles. The Balaban J connectivity index is 1.34. The number of unbranched alkanes of at least 4 members (excludes halogenated alkanes) is 4. The third-order valence-corrected chi connectivity index (χ3v) is 16.6. The predicted octanol–water partition coefficient (Wildman–Crippen LogP) is -1.73. The van der Waals surface area contributed by atoms with Crippen molar-refractivity contribution >= 4 is 93.7 Å². The number of aliphatic imine (C=N–C) groups is 1. The van der Waals surface area contributed by atoms with E-state index in [1.165, 1.54) is 26.0 Å². The van der Waals surface area contributed by atoms with Crippen molar-refractivity contribution in [1.82, 2.24) is 68.8 Å². The number of carbonyl (C=O) groups is 13. The second-order valence-electron chi connectivity index (χ2n) is 25.9. The molecule has 9 atom stereocenters. The van der Waals surface area contributed by atoms with Crippen LogP contribution in [0.15, 0.2) is 59.7 Å². The summed E-state index contributed by atoms with van der Waals surface area (Å²) < 4.78 is 0. The van der Waals surface area contributed by atoms with Crippen molar-refractivity contribution in [2.45, 2.75) is 205 Å². The Morgan fingerprint density at radius 2 is 1.02 bits per heavy atom. The fourth-order valence-corrected chi connectivity index (χ4v) is 10.5. The third kappa shape index (κ3) is 34.4. The molecule has 0 unspecified atom stereocenters. The fraction of sp³-hybridized carbons (Fsp3) is 0.594. The van der Waals surface area contributed by atoms with E-state index in [0.717, 1.165) is 16.5 Å². The summed E-state index contributed by atoms with van der Waals surface area (Å²) in [4.78, 5) is 177. The van der Waals surface area contributed by atoms with Crippen molar-refractivity contribution in [3.63, 3.8) is 0 Å². The summed E-state index contributed by atoms with van der Waals surface area (Å²) in [7, 11) is 0. The van der Waals surface area contributed by atoms with E-state index in [4.69, 9.17) is 28.7 Å². The monoisotopic (exact) mass is 1430 g/mol. The highest BCUT2D eigenvalue weighted by atomic mass is 16.3.